The van der Waals surface area contributed by atoms with Crippen LogP contribution in [-0.2, 0) is 14.8 Å². The van der Waals surface area contributed by atoms with Crippen LogP contribution in [0.4, 0.5) is 5.69 Å². The van der Waals surface area contributed by atoms with Crippen LogP contribution in [0.1, 0.15) is 6.42 Å². The average Bonchev–Trinajstić information content (AvgIpc) is 2.37. The van der Waals surface area contributed by atoms with Crippen LogP contribution in [0.2, 0.25) is 0 Å². The van der Waals surface area contributed by atoms with E-state index in [1.54, 1.807) is 6.07 Å². The van der Waals surface area contributed by atoms with E-state index in [4.69, 9.17) is 19.9 Å². The minimum Gasteiger partial charge on any atom is -0.486 e. The molecule has 1 aromatic rings. The van der Waals surface area contributed by atoms with E-state index in [9.17, 15) is 13.2 Å². The Labute approximate surface area is 115 Å². The number of nitrogens with one attached hydrogen (secondary N) is 1. The van der Waals surface area contributed by atoms with Gasteiger partial charge in [0.05, 0.1) is 11.8 Å². The number of ether oxygens (including phenoxy) is 2. The molecule has 0 fully saturated rings. The molecule has 0 spiro atoms. The van der Waals surface area contributed by atoms with Gasteiger partial charge in [-0.25, -0.2) is 13.6 Å². The number of nitriles is 1. The smallest absolute Gasteiger partial charge is 0.240 e. The highest BCUT2D eigenvalue weighted by atomic mass is 32.2. The summed E-state index contributed by atoms with van der Waals surface area (Å²) < 4.78 is 33.6. The minimum absolute atomic E-state index is 0.0444. The summed E-state index contributed by atoms with van der Waals surface area (Å²) in [6, 6.07) is 4.15. The first kappa shape index (κ1) is 14.1. The molecule has 0 radical (unpaired) electrons. The maximum atomic E-state index is 11.5. The third kappa shape index (κ3) is 2.98. The lowest BCUT2D eigenvalue weighted by Crippen LogP contribution is -2.20. The van der Waals surface area contributed by atoms with Crippen molar-refractivity contribution >= 4 is 21.6 Å². The number of benzene rings is 1. The highest BCUT2D eigenvalue weighted by molar-refractivity contribution is 7.89. The number of sulfonamides is 1. The van der Waals surface area contributed by atoms with Gasteiger partial charge in [0.1, 0.15) is 24.5 Å². The topological polar surface area (TPSA) is 132 Å². The molecule has 9 heteroatoms. The molecule has 1 amide bonds. The molecule has 0 atom stereocenters. The minimum atomic E-state index is -4.06. The predicted molar refractivity (Wildman–Crippen MR) is 67.7 cm³/mol. The average molecular weight is 297 g/mol. The molecule has 3 N–H and O–H groups in total. The molecule has 0 bridgehead atoms. The van der Waals surface area contributed by atoms with Gasteiger partial charge in [0, 0.05) is 12.1 Å². The number of nitrogens with zero attached hydrogens (tertiary/aromatic N) is 1. The Morgan fingerprint density at radius 3 is 2.50 bits per heavy atom. The van der Waals surface area contributed by atoms with Crippen LogP contribution in [0.3, 0.4) is 0 Å². The van der Waals surface area contributed by atoms with Crippen molar-refractivity contribution in [2.75, 3.05) is 18.5 Å². The zero-order valence-corrected chi connectivity index (χ0v) is 11.1. The maximum Gasteiger partial charge on any atom is 0.240 e. The van der Waals surface area contributed by atoms with E-state index in [0.717, 1.165) is 0 Å². The van der Waals surface area contributed by atoms with E-state index < -0.39 is 22.4 Å². The molecule has 0 saturated carbocycles. The molecule has 0 unspecified atom stereocenters. The summed E-state index contributed by atoms with van der Waals surface area (Å²) in [6.45, 7) is 0.602. The first-order chi connectivity index (χ1) is 9.41. The van der Waals surface area contributed by atoms with Crippen molar-refractivity contribution < 1.29 is 22.7 Å². The standard InChI is InChI=1S/C11H11N3O5S/c12-2-1-11(15)14-7-5-8-9(19-4-3-18-8)6-10(7)20(13,16)17/h5-6H,1,3-4H2,(H,14,15)(H2,13,16,17). The Morgan fingerprint density at radius 2 is 1.95 bits per heavy atom. The molecule has 0 aromatic heterocycles. The van der Waals surface area contributed by atoms with Crippen LogP contribution in [0.5, 0.6) is 11.5 Å². The van der Waals surface area contributed by atoms with Crippen LogP contribution in [0, 0.1) is 11.3 Å². The number of anilines is 1. The Kier molecular flexibility index (Phi) is 3.78. The van der Waals surface area contributed by atoms with E-state index in [2.05, 4.69) is 5.32 Å². The normalized spacial score (nSPS) is 13.4. The second-order valence-electron chi connectivity index (χ2n) is 3.92. The van der Waals surface area contributed by atoms with Crippen LogP contribution in [0.15, 0.2) is 17.0 Å². The van der Waals surface area contributed by atoms with E-state index in [0.29, 0.717) is 12.4 Å². The van der Waals surface area contributed by atoms with E-state index in [1.165, 1.54) is 12.1 Å². The highest BCUT2D eigenvalue weighted by Crippen LogP contribution is 2.37. The van der Waals surface area contributed by atoms with Crippen LogP contribution < -0.4 is 19.9 Å². The molecule has 1 aromatic carbocycles. The van der Waals surface area contributed by atoms with Gasteiger partial charge in [-0.15, -0.1) is 0 Å². The van der Waals surface area contributed by atoms with Gasteiger partial charge >= 0.3 is 0 Å². The third-order valence-corrected chi connectivity index (χ3v) is 3.42. The third-order valence-electron chi connectivity index (χ3n) is 2.46. The van der Waals surface area contributed by atoms with Gasteiger partial charge in [-0.3, -0.25) is 4.79 Å². The predicted octanol–water partition coefficient (Wildman–Crippen LogP) is -0.0426. The molecule has 0 saturated heterocycles. The summed E-state index contributed by atoms with van der Waals surface area (Å²) in [7, 11) is -4.06. The summed E-state index contributed by atoms with van der Waals surface area (Å²) in [4.78, 5) is 11.1. The summed E-state index contributed by atoms with van der Waals surface area (Å²) in [5.74, 6) is -0.108. The van der Waals surface area contributed by atoms with E-state index in [1.807, 2.05) is 0 Å². The van der Waals surface area contributed by atoms with Gasteiger partial charge in [-0.2, -0.15) is 5.26 Å². The van der Waals surface area contributed by atoms with Crippen molar-refractivity contribution in [2.24, 2.45) is 5.14 Å². The number of rotatable bonds is 3. The second kappa shape index (κ2) is 5.36. The fourth-order valence-electron chi connectivity index (χ4n) is 1.67. The number of carbonyl (C=O) groups is 1. The summed E-state index contributed by atoms with van der Waals surface area (Å²) in [5.41, 5.74) is -0.0444. The fraction of sp³-hybridized carbons (Fsp3) is 0.273. The summed E-state index contributed by atoms with van der Waals surface area (Å²) >= 11 is 0. The monoisotopic (exact) mass is 297 g/mol. The first-order valence-electron chi connectivity index (χ1n) is 5.55. The number of hydrogen-bond acceptors (Lipinski definition) is 6. The highest BCUT2D eigenvalue weighted by Gasteiger charge is 2.22. The van der Waals surface area contributed by atoms with Gasteiger partial charge < -0.3 is 14.8 Å². The molecular weight excluding hydrogens is 286 g/mol. The Hall–Kier alpha value is -2.31. The van der Waals surface area contributed by atoms with Crippen molar-refractivity contribution in [2.45, 2.75) is 11.3 Å². The largest absolute Gasteiger partial charge is 0.486 e. The molecule has 1 heterocycles. The summed E-state index contributed by atoms with van der Waals surface area (Å²) in [6.07, 6.45) is -0.404. The van der Waals surface area contributed by atoms with Crippen molar-refractivity contribution in [3.8, 4) is 17.6 Å². The molecule has 1 aliphatic rings. The van der Waals surface area contributed by atoms with Gasteiger partial charge in [0.15, 0.2) is 11.5 Å². The van der Waals surface area contributed by atoms with Gasteiger partial charge in [-0.05, 0) is 0 Å². The molecule has 0 aliphatic carbocycles. The lowest BCUT2D eigenvalue weighted by molar-refractivity contribution is -0.115. The zero-order valence-electron chi connectivity index (χ0n) is 10.3. The Balaban J connectivity index is 2.48. The second-order valence-corrected chi connectivity index (χ2v) is 5.45. The molecule has 106 valence electrons. The van der Waals surface area contributed by atoms with E-state index >= 15 is 0 Å². The van der Waals surface area contributed by atoms with Crippen LogP contribution in [0.25, 0.3) is 0 Å². The lowest BCUT2D eigenvalue weighted by Gasteiger charge is -2.20. The fourth-order valence-corrected chi connectivity index (χ4v) is 2.36. The Bertz CT molecular complexity index is 693. The maximum absolute atomic E-state index is 11.5. The van der Waals surface area contributed by atoms with Crippen LogP contribution in [-0.4, -0.2) is 27.5 Å². The lowest BCUT2D eigenvalue weighted by atomic mass is 10.2. The number of primary sulfonamides is 1. The zero-order chi connectivity index (χ0) is 14.8. The number of fused-ring (bicyclic) bond motifs is 1. The first-order valence-corrected chi connectivity index (χ1v) is 7.09. The number of carbonyl (C=O) groups excluding carboxylic acids is 1. The molecule has 2 rings (SSSR count). The van der Waals surface area contributed by atoms with Crippen LogP contribution >= 0.6 is 0 Å². The van der Waals surface area contributed by atoms with Gasteiger partial charge in [0.25, 0.3) is 0 Å². The summed E-state index contributed by atoms with van der Waals surface area (Å²) in [5, 5.41) is 15.8. The molecule has 20 heavy (non-hydrogen) atoms. The van der Waals surface area contributed by atoms with E-state index in [-0.39, 0.29) is 22.9 Å². The number of amides is 1. The van der Waals surface area contributed by atoms with Gasteiger partial charge in [0.2, 0.25) is 15.9 Å². The van der Waals surface area contributed by atoms with Crippen molar-refractivity contribution in [1.29, 1.82) is 5.26 Å². The number of nitrogens with two attached hydrogens (primary N) is 1. The molecule has 1 aliphatic heterocycles. The van der Waals surface area contributed by atoms with Crippen molar-refractivity contribution in [3.63, 3.8) is 0 Å². The quantitative estimate of drug-likeness (QED) is 0.804. The van der Waals surface area contributed by atoms with Gasteiger partial charge in [-0.1, -0.05) is 0 Å². The van der Waals surface area contributed by atoms with Crippen molar-refractivity contribution in [3.05, 3.63) is 12.1 Å². The molecular formula is C11H11N3O5S. The molecule has 8 nitrogen and oxygen atoms in total. The SMILES string of the molecule is N#CCC(=O)Nc1cc2c(cc1S(N)(=O)=O)OCCO2. The number of hydrogen-bond donors (Lipinski definition) is 2. The Morgan fingerprint density at radius 1 is 1.35 bits per heavy atom. The van der Waals surface area contributed by atoms with Crippen molar-refractivity contribution in [1.82, 2.24) is 0 Å².